The fourth-order valence-corrected chi connectivity index (χ4v) is 3.16. The van der Waals surface area contributed by atoms with Gasteiger partial charge in [-0.3, -0.25) is 4.90 Å². The quantitative estimate of drug-likeness (QED) is 0.866. The molecule has 0 amide bonds. The lowest BCUT2D eigenvalue weighted by atomic mass is 9.97. The Balaban J connectivity index is 1.40. The minimum Gasteiger partial charge on any atom is -0.340 e. The molecule has 0 bridgehead atoms. The van der Waals surface area contributed by atoms with Crippen LogP contribution >= 0.6 is 0 Å². The van der Waals surface area contributed by atoms with Gasteiger partial charge in [-0.05, 0) is 31.8 Å². The van der Waals surface area contributed by atoms with E-state index in [1.165, 1.54) is 45.6 Å². The van der Waals surface area contributed by atoms with E-state index >= 15 is 0 Å². The number of aromatic nitrogens is 2. The van der Waals surface area contributed by atoms with Crippen molar-refractivity contribution in [3.63, 3.8) is 0 Å². The first-order valence-corrected chi connectivity index (χ1v) is 7.74. The van der Waals surface area contributed by atoms with Crippen LogP contribution in [-0.2, 0) is 6.54 Å². The van der Waals surface area contributed by atoms with Crippen LogP contribution in [0.4, 0.5) is 0 Å². The lowest BCUT2D eigenvalue weighted by Gasteiger charge is -2.36. The van der Waals surface area contributed by atoms with Crippen LogP contribution in [0.3, 0.4) is 0 Å². The number of hydrogen-bond donors (Lipinski definition) is 1. The zero-order chi connectivity index (χ0) is 13.8. The number of hydrogen-bond acceptors (Lipinski definition) is 6. The third kappa shape index (κ3) is 3.77. The molecule has 6 heteroatoms. The van der Waals surface area contributed by atoms with Gasteiger partial charge in [0.2, 0.25) is 5.89 Å². The second-order valence-corrected chi connectivity index (χ2v) is 6.00. The molecule has 1 N–H and O–H groups in total. The van der Waals surface area contributed by atoms with Crippen molar-refractivity contribution >= 4 is 0 Å². The van der Waals surface area contributed by atoms with Gasteiger partial charge in [0.15, 0.2) is 5.82 Å². The van der Waals surface area contributed by atoms with E-state index in [1.807, 2.05) is 6.92 Å². The van der Waals surface area contributed by atoms with Crippen LogP contribution in [0.1, 0.15) is 24.6 Å². The molecule has 3 rings (SSSR count). The molecule has 112 valence electrons. The maximum absolute atomic E-state index is 5.02. The molecule has 2 saturated heterocycles. The Kier molecular flexibility index (Phi) is 4.65. The van der Waals surface area contributed by atoms with Crippen molar-refractivity contribution in [2.45, 2.75) is 26.3 Å². The Labute approximate surface area is 120 Å². The average Bonchev–Trinajstić information content (AvgIpc) is 2.88. The zero-order valence-corrected chi connectivity index (χ0v) is 12.3. The monoisotopic (exact) mass is 279 g/mol. The molecule has 0 radical (unpaired) electrons. The van der Waals surface area contributed by atoms with Gasteiger partial charge in [0, 0.05) is 39.6 Å². The molecule has 1 aromatic rings. The third-order valence-electron chi connectivity index (χ3n) is 4.37. The Hall–Kier alpha value is -0.980. The van der Waals surface area contributed by atoms with Gasteiger partial charge in [0.05, 0.1) is 6.54 Å². The van der Waals surface area contributed by atoms with Crippen LogP contribution in [-0.4, -0.2) is 65.8 Å². The van der Waals surface area contributed by atoms with E-state index in [0.717, 1.165) is 31.4 Å². The molecule has 0 atom stereocenters. The van der Waals surface area contributed by atoms with Gasteiger partial charge in [0.25, 0.3) is 0 Å². The molecule has 3 heterocycles. The van der Waals surface area contributed by atoms with Gasteiger partial charge < -0.3 is 14.7 Å². The highest BCUT2D eigenvalue weighted by Crippen LogP contribution is 2.15. The molecule has 20 heavy (non-hydrogen) atoms. The topological polar surface area (TPSA) is 57.4 Å². The van der Waals surface area contributed by atoms with Crippen molar-refractivity contribution in [2.24, 2.45) is 5.92 Å². The largest absolute Gasteiger partial charge is 0.340 e. The molecule has 1 aromatic heterocycles. The normalized spacial score (nSPS) is 23.2. The maximum Gasteiger partial charge on any atom is 0.223 e. The van der Waals surface area contributed by atoms with Gasteiger partial charge in [-0.1, -0.05) is 5.16 Å². The van der Waals surface area contributed by atoms with Gasteiger partial charge in [-0.25, -0.2) is 0 Å². The van der Waals surface area contributed by atoms with E-state index in [0.29, 0.717) is 5.89 Å². The first-order chi connectivity index (χ1) is 9.79. The summed E-state index contributed by atoms with van der Waals surface area (Å²) in [4.78, 5) is 9.32. The van der Waals surface area contributed by atoms with Crippen LogP contribution in [0.5, 0.6) is 0 Å². The molecule has 0 aromatic carbocycles. The second-order valence-electron chi connectivity index (χ2n) is 6.00. The first kappa shape index (κ1) is 14.0. The third-order valence-corrected chi connectivity index (χ3v) is 4.37. The summed E-state index contributed by atoms with van der Waals surface area (Å²) >= 11 is 0. The minimum absolute atomic E-state index is 0.657. The summed E-state index contributed by atoms with van der Waals surface area (Å²) in [6, 6.07) is 0. The van der Waals surface area contributed by atoms with Gasteiger partial charge in [-0.2, -0.15) is 4.98 Å². The summed E-state index contributed by atoms with van der Waals surface area (Å²) in [5.74, 6) is 2.36. The van der Waals surface area contributed by atoms with Crippen molar-refractivity contribution < 1.29 is 4.52 Å². The first-order valence-electron chi connectivity index (χ1n) is 7.74. The minimum atomic E-state index is 0.657. The van der Waals surface area contributed by atoms with Crippen LogP contribution < -0.4 is 5.32 Å². The molecule has 0 saturated carbocycles. The molecule has 2 aliphatic heterocycles. The molecule has 0 spiro atoms. The summed E-state index contributed by atoms with van der Waals surface area (Å²) in [5, 5.41) is 7.41. The van der Waals surface area contributed by atoms with Crippen molar-refractivity contribution in [3.05, 3.63) is 11.7 Å². The summed E-state index contributed by atoms with van der Waals surface area (Å²) in [6.45, 7) is 10.9. The van der Waals surface area contributed by atoms with E-state index in [1.54, 1.807) is 0 Å². The van der Waals surface area contributed by atoms with Gasteiger partial charge in [0.1, 0.15) is 0 Å². The van der Waals surface area contributed by atoms with Crippen LogP contribution in [0.25, 0.3) is 0 Å². The number of nitrogens with zero attached hydrogens (tertiary/aromatic N) is 4. The number of rotatable bonds is 4. The predicted octanol–water partition coefficient (Wildman–Crippen LogP) is 0.495. The molecule has 0 unspecified atom stereocenters. The van der Waals surface area contributed by atoms with E-state index in [2.05, 4.69) is 25.3 Å². The number of piperidine rings is 1. The number of piperazine rings is 1. The molecule has 6 nitrogen and oxygen atoms in total. The van der Waals surface area contributed by atoms with Gasteiger partial charge >= 0.3 is 0 Å². The van der Waals surface area contributed by atoms with Crippen LogP contribution in [0.15, 0.2) is 4.52 Å². The predicted molar refractivity (Wildman–Crippen MR) is 76.3 cm³/mol. The van der Waals surface area contributed by atoms with Crippen molar-refractivity contribution in [1.82, 2.24) is 25.3 Å². The number of aryl methyl sites for hydroxylation is 1. The van der Waals surface area contributed by atoms with Crippen LogP contribution in [0.2, 0.25) is 0 Å². The smallest absolute Gasteiger partial charge is 0.223 e. The van der Waals surface area contributed by atoms with E-state index < -0.39 is 0 Å². The molecule has 2 aliphatic rings. The molecule has 0 aliphatic carbocycles. The van der Waals surface area contributed by atoms with E-state index in [-0.39, 0.29) is 0 Å². The van der Waals surface area contributed by atoms with Crippen molar-refractivity contribution in [2.75, 3.05) is 45.8 Å². The van der Waals surface area contributed by atoms with Crippen molar-refractivity contribution in [1.29, 1.82) is 0 Å². The van der Waals surface area contributed by atoms with Crippen LogP contribution in [0, 0.1) is 12.8 Å². The highest BCUT2D eigenvalue weighted by atomic mass is 16.5. The Morgan fingerprint density at radius 2 is 1.85 bits per heavy atom. The fourth-order valence-electron chi connectivity index (χ4n) is 3.16. The Morgan fingerprint density at radius 3 is 2.50 bits per heavy atom. The maximum atomic E-state index is 5.02. The standard InChI is InChI=1S/C14H25N5O/c1-12-16-14(17-20-12)11-19-8-6-18(7-9-19)10-13-2-4-15-5-3-13/h13,15H,2-11H2,1H3. The molecular weight excluding hydrogens is 254 g/mol. The molecular formula is C14H25N5O. The second kappa shape index (κ2) is 6.65. The zero-order valence-electron chi connectivity index (χ0n) is 12.3. The summed E-state index contributed by atoms with van der Waals surface area (Å²) in [7, 11) is 0. The Bertz CT molecular complexity index is 407. The van der Waals surface area contributed by atoms with Crippen molar-refractivity contribution in [3.8, 4) is 0 Å². The van der Waals surface area contributed by atoms with E-state index in [4.69, 9.17) is 4.52 Å². The lowest BCUT2D eigenvalue weighted by molar-refractivity contribution is 0.104. The summed E-state index contributed by atoms with van der Waals surface area (Å²) in [6.07, 6.45) is 2.67. The summed E-state index contributed by atoms with van der Waals surface area (Å²) < 4.78 is 5.02. The SMILES string of the molecule is Cc1nc(CN2CCN(CC3CCNCC3)CC2)no1. The average molecular weight is 279 g/mol. The highest BCUT2D eigenvalue weighted by Gasteiger charge is 2.22. The van der Waals surface area contributed by atoms with Gasteiger partial charge in [-0.15, -0.1) is 0 Å². The van der Waals surface area contributed by atoms with E-state index in [9.17, 15) is 0 Å². The summed E-state index contributed by atoms with van der Waals surface area (Å²) in [5.41, 5.74) is 0. The lowest BCUT2D eigenvalue weighted by Crippen LogP contribution is -2.48. The highest BCUT2D eigenvalue weighted by molar-refractivity contribution is 4.86. The number of nitrogens with one attached hydrogen (secondary N) is 1. The fraction of sp³-hybridized carbons (Fsp3) is 0.857. The molecule has 2 fully saturated rings. The Morgan fingerprint density at radius 1 is 1.15 bits per heavy atom.